The lowest BCUT2D eigenvalue weighted by molar-refractivity contribution is -0.159. The molecule has 0 unspecified atom stereocenters. The first-order chi connectivity index (χ1) is 18.5. The molecule has 0 saturated carbocycles. The molecule has 6 heteroatoms. The van der Waals surface area contributed by atoms with Crippen LogP contribution < -0.4 is 5.32 Å². The van der Waals surface area contributed by atoms with Gasteiger partial charge in [0.15, 0.2) is 12.0 Å². The first-order valence-electron chi connectivity index (χ1n) is 14.5. The highest BCUT2D eigenvalue weighted by Gasteiger charge is 2.42. The van der Waals surface area contributed by atoms with E-state index in [0.717, 1.165) is 18.4 Å². The van der Waals surface area contributed by atoms with Gasteiger partial charge in [0.1, 0.15) is 6.10 Å². The third kappa shape index (κ3) is 7.68. The van der Waals surface area contributed by atoms with Gasteiger partial charge in [-0.1, -0.05) is 82.2 Å². The van der Waals surface area contributed by atoms with Gasteiger partial charge in [0.25, 0.3) is 0 Å². The molecule has 3 rings (SSSR count). The second-order valence-electron chi connectivity index (χ2n) is 11.9. The van der Waals surface area contributed by atoms with Crippen molar-refractivity contribution in [3.05, 3.63) is 59.3 Å². The zero-order valence-corrected chi connectivity index (χ0v) is 25.3. The first-order valence-corrected chi connectivity index (χ1v) is 14.5. The Hall–Kier alpha value is -2.28. The number of hydrogen-bond acceptors (Lipinski definition) is 5. The molecule has 3 aliphatic heterocycles. The van der Waals surface area contributed by atoms with Crippen LogP contribution in [0.4, 0.5) is 0 Å². The molecule has 0 aliphatic carbocycles. The van der Waals surface area contributed by atoms with Crippen LogP contribution in [-0.4, -0.2) is 49.4 Å². The van der Waals surface area contributed by atoms with Crippen LogP contribution in [0, 0.1) is 29.6 Å². The zero-order chi connectivity index (χ0) is 28.9. The molecular formula is C33H49NO5. The Morgan fingerprint density at radius 3 is 2.38 bits per heavy atom. The summed E-state index contributed by atoms with van der Waals surface area (Å²) in [7, 11) is 1.61. The Morgan fingerprint density at radius 1 is 1.00 bits per heavy atom. The van der Waals surface area contributed by atoms with E-state index in [1.54, 1.807) is 13.2 Å². The molecule has 4 bridgehead atoms. The lowest BCUT2D eigenvalue weighted by Gasteiger charge is -2.42. The van der Waals surface area contributed by atoms with Crippen LogP contribution in [0.3, 0.4) is 0 Å². The molecule has 6 nitrogen and oxygen atoms in total. The Balaban J connectivity index is 2.33. The number of methoxy groups -OCH3 is 1. The van der Waals surface area contributed by atoms with Gasteiger partial charge < -0.3 is 19.5 Å². The number of ether oxygens (including phenoxy) is 3. The van der Waals surface area contributed by atoms with Crippen LogP contribution in [0.1, 0.15) is 68.2 Å². The van der Waals surface area contributed by atoms with Crippen molar-refractivity contribution in [1.82, 2.24) is 5.32 Å². The Kier molecular flexibility index (Phi) is 11.1. The van der Waals surface area contributed by atoms with E-state index < -0.39 is 24.4 Å². The highest BCUT2D eigenvalue weighted by Crippen LogP contribution is 2.39. The maximum Gasteiger partial charge on any atom is 0.248 e. The van der Waals surface area contributed by atoms with Crippen molar-refractivity contribution < 1.29 is 23.8 Å². The number of carbonyl (C=O) groups is 2. The molecule has 0 aromatic heterocycles. The minimum absolute atomic E-state index is 0.0201. The van der Waals surface area contributed by atoms with E-state index in [0.29, 0.717) is 5.57 Å². The largest absolute Gasteiger partial charge is 0.373 e. The number of carbonyl (C=O) groups excluding carboxylic acids is 2. The highest BCUT2D eigenvalue weighted by molar-refractivity contribution is 5.93. The molecule has 0 aromatic carbocycles. The molecule has 216 valence electrons. The maximum absolute atomic E-state index is 13.6. The quantitative estimate of drug-likeness (QED) is 0.459. The van der Waals surface area contributed by atoms with Crippen LogP contribution in [-0.2, 0) is 23.8 Å². The number of hydrogen-bond donors (Lipinski definition) is 1. The van der Waals surface area contributed by atoms with Crippen LogP contribution in [0.15, 0.2) is 59.3 Å². The molecule has 1 N–H and O–H groups in total. The molecule has 1 amide bonds. The average molecular weight is 540 g/mol. The van der Waals surface area contributed by atoms with Gasteiger partial charge in [-0.25, -0.2) is 0 Å². The van der Waals surface area contributed by atoms with E-state index in [2.05, 4.69) is 52.1 Å². The molecule has 0 fully saturated rings. The van der Waals surface area contributed by atoms with E-state index in [1.807, 2.05) is 45.1 Å². The first kappa shape index (κ1) is 31.3. The second kappa shape index (κ2) is 13.9. The van der Waals surface area contributed by atoms with Crippen molar-refractivity contribution in [3.63, 3.8) is 0 Å². The number of allylic oxidation sites excluding steroid dienone is 6. The lowest BCUT2D eigenvalue weighted by Crippen LogP contribution is -2.52. The van der Waals surface area contributed by atoms with E-state index in [-0.39, 0.29) is 47.6 Å². The molecule has 0 saturated heterocycles. The minimum atomic E-state index is -0.782. The number of ketones is 1. The number of nitrogens with one attached hydrogen (secondary N) is 1. The Bertz CT molecular complexity index is 1040. The molecule has 0 aromatic rings. The van der Waals surface area contributed by atoms with Gasteiger partial charge in [0, 0.05) is 30.4 Å². The SMILES string of the molecule is CC[C@@H]1O[C@H]2[C@H]3C/C(C)=C\C=C\[C@@H](OC)[C@H](NC(=O)/C(C)=C/C(C)=C/[C@@H]2C)O[C@@H]([C@H]3C)[C@H](C)C(=O)/C=C/[C@@H]1C. The summed E-state index contributed by atoms with van der Waals surface area (Å²) in [6.45, 7) is 16.6. The van der Waals surface area contributed by atoms with Crippen molar-refractivity contribution in [2.75, 3.05) is 7.11 Å². The molecule has 3 heterocycles. The van der Waals surface area contributed by atoms with E-state index in [4.69, 9.17) is 14.2 Å². The van der Waals surface area contributed by atoms with Crippen LogP contribution >= 0.6 is 0 Å². The highest BCUT2D eigenvalue weighted by atomic mass is 16.6. The number of fused-ring (bicyclic) bond motifs is 1. The van der Waals surface area contributed by atoms with Crippen molar-refractivity contribution in [3.8, 4) is 0 Å². The predicted octanol–water partition coefficient (Wildman–Crippen LogP) is 6.10. The zero-order valence-electron chi connectivity index (χ0n) is 25.3. The number of rotatable bonds is 2. The molecule has 0 radical (unpaired) electrons. The van der Waals surface area contributed by atoms with E-state index >= 15 is 0 Å². The van der Waals surface area contributed by atoms with Gasteiger partial charge in [-0.05, 0) is 51.5 Å². The third-order valence-corrected chi connectivity index (χ3v) is 8.68. The summed E-state index contributed by atoms with van der Waals surface area (Å²) >= 11 is 0. The van der Waals surface area contributed by atoms with Crippen LogP contribution in [0.2, 0.25) is 0 Å². The number of amides is 1. The van der Waals surface area contributed by atoms with Gasteiger partial charge >= 0.3 is 0 Å². The van der Waals surface area contributed by atoms with Crippen molar-refractivity contribution in [1.29, 1.82) is 0 Å². The maximum atomic E-state index is 13.6. The summed E-state index contributed by atoms with van der Waals surface area (Å²) < 4.78 is 19.7. The minimum Gasteiger partial charge on any atom is -0.373 e. The van der Waals surface area contributed by atoms with Gasteiger partial charge in [-0.2, -0.15) is 0 Å². The summed E-state index contributed by atoms with van der Waals surface area (Å²) in [6.07, 6.45) is 13.5. The fraction of sp³-hybridized carbons (Fsp3) is 0.636. The monoisotopic (exact) mass is 539 g/mol. The normalized spacial score (nSPS) is 44.5. The molecular weight excluding hydrogens is 490 g/mol. The Labute approximate surface area is 235 Å². The molecule has 39 heavy (non-hydrogen) atoms. The van der Waals surface area contributed by atoms with E-state index in [1.165, 1.54) is 5.57 Å². The van der Waals surface area contributed by atoms with Gasteiger partial charge in [-0.3, -0.25) is 9.59 Å². The van der Waals surface area contributed by atoms with Gasteiger partial charge in [0.05, 0.1) is 18.3 Å². The molecule has 0 spiro atoms. The summed E-state index contributed by atoms with van der Waals surface area (Å²) in [5.74, 6) is -0.473. The molecule has 10 atom stereocenters. The topological polar surface area (TPSA) is 73.9 Å². The standard InChI is InChI=1S/C33H49NO5/c1-10-28-21(4)14-15-27(35)25(8)31-24(7)26-18-19(2)12-11-13-29(37-9)33(39-31)34-32(36)23(6)17-20(3)16-22(5)30(26)38-28/h11-17,21-22,24-26,28-31,33H,10,18H2,1-9H3,(H,34,36)/b13-11+,15-14+,19-12-,20-16+,23-17+/t21-,22-,24-,25+,26-,28-,29+,30+,31-,33+/m0/s1. The fourth-order valence-corrected chi connectivity index (χ4v) is 6.28. The smallest absolute Gasteiger partial charge is 0.248 e. The lowest BCUT2D eigenvalue weighted by atomic mass is 9.73. The average Bonchev–Trinajstić information content (AvgIpc) is 2.91. The van der Waals surface area contributed by atoms with Crippen molar-refractivity contribution in [2.45, 2.75) is 98.9 Å². The van der Waals surface area contributed by atoms with Gasteiger partial charge in [0.2, 0.25) is 5.91 Å². The van der Waals surface area contributed by atoms with Crippen molar-refractivity contribution >= 4 is 11.7 Å². The molecule has 3 aliphatic rings. The summed E-state index contributed by atoms with van der Waals surface area (Å²) in [6, 6.07) is 0. The Morgan fingerprint density at radius 2 is 1.72 bits per heavy atom. The summed E-state index contributed by atoms with van der Waals surface area (Å²) in [5, 5.41) is 3.07. The fourth-order valence-electron chi connectivity index (χ4n) is 6.28. The van der Waals surface area contributed by atoms with E-state index in [9.17, 15) is 9.59 Å². The third-order valence-electron chi connectivity index (χ3n) is 8.68. The van der Waals surface area contributed by atoms with Crippen LogP contribution in [0.5, 0.6) is 0 Å². The van der Waals surface area contributed by atoms with Crippen molar-refractivity contribution in [2.24, 2.45) is 29.6 Å². The van der Waals surface area contributed by atoms with Crippen LogP contribution in [0.25, 0.3) is 0 Å². The van der Waals surface area contributed by atoms with Gasteiger partial charge in [-0.15, -0.1) is 0 Å². The second-order valence-corrected chi connectivity index (χ2v) is 11.9. The summed E-state index contributed by atoms with van der Waals surface area (Å²) in [4.78, 5) is 26.9. The predicted molar refractivity (Wildman–Crippen MR) is 156 cm³/mol. The summed E-state index contributed by atoms with van der Waals surface area (Å²) in [5.41, 5.74) is 2.81.